The molecule has 0 aliphatic carbocycles. The van der Waals surface area contributed by atoms with Crippen molar-refractivity contribution in [2.45, 2.75) is 39.0 Å². The number of rotatable bonds is 6. The topological polar surface area (TPSA) is 108 Å². The Hall–Kier alpha value is -3.90. The van der Waals surface area contributed by atoms with Gasteiger partial charge >= 0.3 is 6.03 Å². The molecule has 1 fully saturated rings. The highest BCUT2D eigenvalue weighted by Crippen LogP contribution is 2.24. The molecule has 0 saturated carbocycles. The predicted molar refractivity (Wildman–Crippen MR) is 136 cm³/mol. The maximum atomic E-state index is 12.2. The Morgan fingerprint density at radius 2 is 1.71 bits per heavy atom. The van der Waals surface area contributed by atoms with Crippen molar-refractivity contribution in [3.8, 4) is 11.8 Å². The van der Waals surface area contributed by atoms with Crippen molar-refractivity contribution < 1.29 is 9.32 Å². The molecule has 4 rings (SSSR count). The third kappa shape index (κ3) is 7.29. The third-order valence-corrected chi connectivity index (χ3v) is 5.55. The summed E-state index contributed by atoms with van der Waals surface area (Å²) in [6, 6.07) is 8.58. The predicted octanol–water partition coefficient (Wildman–Crippen LogP) is 4.31. The van der Waals surface area contributed by atoms with Gasteiger partial charge in [-0.2, -0.15) is 0 Å². The number of nitrogens with one attached hydrogen (secondary N) is 3. The molecule has 0 bridgehead atoms. The highest BCUT2D eigenvalue weighted by atomic mass is 16.5. The average Bonchev–Trinajstić information content (AvgIpc) is 3.52. The van der Waals surface area contributed by atoms with E-state index < -0.39 is 6.03 Å². The van der Waals surface area contributed by atoms with Gasteiger partial charge in [-0.05, 0) is 50.2 Å². The number of urea groups is 1. The van der Waals surface area contributed by atoms with Crippen molar-refractivity contribution in [3.63, 3.8) is 0 Å². The van der Waals surface area contributed by atoms with Gasteiger partial charge in [0, 0.05) is 48.2 Å². The Balaban J connectivity index is 1.25. The molecule has 1 aromatic carbocycles. The van der Waals surface area contributed by atoms with Crippen LogP contribution in [0.4, 0.5) is 22.2 Å². The monoisotopic (exact) mass is 473 g/mol. The first kappa shape index (κ1) is 24.2. The van der Waals surface area contributed by atoms with Gasteiger partial charge in [0.05, 0.1) is 5.56 Å². The molecule has 182 valence electrons. The van der Waals surface area contributed by atoms with Gasteiger partial charge in [-0.25, -0.2) is 14.8 Å². The quantitative estimate of drug-likeness (QED) is 0.458. The lowest BCUT2D eigenvalue weighted by atomic mass is 9.93. The van der Waals surface area contributed by atoms with E-state index in [4.69, 9.17) is 4.52 Å². The molecule has 2 aromatic heterocycles. The minimum atomic E-state index is -0.399. The van der Waals surface area contributed by atoms with Crippen molar-refractivity contribution in [3.05, 3.63) is 59.6 Å². The largest absolute Gasteiger partial charge is 0.359 e. The molecule has 9 nitrogen and oxygen atoms in total. The van der Waals surface area contributed by atoms with E-state index in [1.54, 1.807) is 30.6 Å². The van der Waals surface area contributed by atoms with Gasteiger partial charge in [0.15, 0.2) is 5.82 Å². The Labute approximate surface area is 205 Å². The number of anilines is 3. The van der Waals surface area contributed by atoms with E-state index in [0.717, 1.165) is 24.2 Å². The SMILES string of the molecule is CC(C)(C)c1cc(NC(=O)Nc2ccc(C#Cc3cnc(NCCN4CCCC4)nc3)cc2)no1. The summed E-state index contributed by atoms with van der Waals surface area (Å²) in [6.07, 6.45) is 6.02. The van der Waals surface area contributed by atoms with Crippen LogP contribution in [0.25, 0.3) is 0 Å². The first-order valence-corrected chi connectivity index (χ1v) is 11.8. The summed E-state index contributed by atoms with van der Waals surface area (Å²) in [6.45, 7) is 10.2. The molecule has 9 heteroatoms. The van der Waals surface area contributed by atoms with Crippen molar-refractivity contribution in [2.75, 3.05) is 42.1 Å². The minimum absolute atomic E-state index is 0.182. The van der Waals surface area contributed by atoms with Gasteiger partial charge < -0.3 is 20.1 Å². The van der Waals surface area contributed by atoms with Crippen LogP contribution >= 0.6 is 0 Å². The standard InChI is InChI=1S/C26H31N7O2/c1-26(2,3)22-16-23(32-35-22)31-25(34)30-21-10-8-19(9-11-21)6-7-20-17-28-24(29-18-20)27-12-15-33-13-4-5-14-33/h8-11,16-18H,4-5,12-15H2,1-3H3,(H,27,28,29)(H2,30,31,32,34). The highest BCUT2D eigenvalue weighted by molar-refractivity contribution is 5.99. The summed E-state index contributed by atoms with van der Waals surface area (Å²) in [5, 5.41) is 12.6. The van der Waals surface area contributed by atoms with Crippen LogP contribution in [0.2, 0.25) is 0 Å². The van der Waals surface area contributed by atoms with E-state index in [9.17, 15) is 4.79 Å². The molecule has 1 aliphatic rings. The minimum Gasteiger partial charge on any atom is -0.359 e. The van der Waals surface area contributed by atoms with Crippen LogP contribution in [0.15, 0.2) is 47.2 Å². The van der Waals surface area contributed by atoms with Crippen molar-refractivity contribution in [2.24, 2.45) is 0 Å². The molecule has 0 atom stereocenters. The number of amides is 2. The second kappa shape index (κ2) is 11.0. The Bertz CT molecular complexity index is 1180. The number of likely N-dealkylation sites (tertiary alicyclic amines) is 1. The fraction of sp³-hybridized carbons (Fsp3) is 0.385. The normalized spacial score (nSPS) is 13.7. The van der Waals surface area contributed by atoms with E-state index in [0.29, 0.717) is 23.2 Å². The molecular weight excluding hydrogens is 442 g/mol. The zero-order chi connectivity index (χ0) is 24.7. The van der Waals surface area contributed by atoms with Gasteiger partial charge in [-0.3, -0.25) is 5.32 Å². The van der Waals surface area contributed by atoms with Crippen molar-refractivity contribution >= 4 is 23.5 Å². The molecule has 2 amide bonds. The molecule has 0 spiro atoms. The first-order valence-electron chi connectivity index (χ1n) is 11.8. The maximum Gasteiger partial charge on any atom is 0.324 e. The van der Waals surface area contributed by atoms with Crippen LogP contribution in [-0.2, 0) is 5.41 Å². The third-order valence-electron chi connectivity index (χ3n) is 5.55. The highest BCUT2D eigenvalue weighted by Gasteiger charge is 2.20. The lowest BCUT2D eigenvalue weighted by Crippen LogP contribution is -2.26. The van der Waals surface area contributed by atoms with Crippen LogP contribution in [0.3, 0.4) is 0 Å². The van der Waals surface area contributed by atoms with Gasteiger partial charge in [0.1, 0.15) is 5.76 Å². The van der Waals surface area contributed by atoms with Gasteiger partial charge in [-0.15, -0.1) is 0 Å². The summed E-state index contributed by atoms with van der Waals surface area (Å²) < 4.78 is 5.28. The van der Waals surface area contributed by atoms with E-state index in [-0.39, 0.29) is 5.41 Å². The number of hydrogen-bond acceptors (Lipinski definition) is 7. The van der Waals surface area contributed by atoms with E-state index in [1.807, 2.05) is 32.9 Å². The number of aromatic nitrogens is 3. The summed E-state index contributed by atoms with van der Waals surface area (Å²) in [7, 11) is 0. The smallest absolute Gasteiger partial charge is 0.324 e. The molecular formula is C26H31N7O2. The van der Waals surface area contributed by atoms with Gasteiger partial charge in [0.25, 0.3) is 0 Å². The molecule has 35 heavy (non-hydrogen) atoms. The molecule has 3 aromatic rings. The number of benzene rings is 1. The lowest BCUT2D eigenvalue weighted by molar-refractivity contribution is 0.262. The van der Waals surface area contributed by atoms with Crippen LogP contribution in [0.1, 0.15) is 50.5 Å². The molecule has 3 N–H and O–H groups in total. The fourth-order valence-corrected chi connectivity index (χ4v) is 3.56. The lowest BCUT2D eigenvalue weighted by Gasteiger charge is -2.14. The fourth-order valence-electron chi connectivity index (χ4n) is 3.56. The van der Waals surface area contributed by atoms with Crippen LogP contribution in [0, 0.1) is 11.8 Å². The molecule has 1 aliphatic heterocycles. The summed E-state index contributed by atoms with van der Waals surface area (Å²) >= 11 is 0. The molecule has 1 saturated heterocycles. The van der Waals surface area contributed by atoms with Crippen LogP contribution in [0.5, 0.6) is 0 Å². The van der Waals surface area contributed by atoms with E-state index in [1.165, 1.54) is 25.9 Å². The Morgan fingerprint density at radius 3 is 2.37 bits per heavy atom. The van der Waals surface area contributed by atoms with E-state index >= 15 is 0 Å². The average molecular weight is 474 g/mol. The first-order chi connectivity index (χ1) is 16.8. The zero-order valence-corrected chi connectivity index (χ0v) is 20.4. The second-order valence-electron chi connectivity index (χ2n) is 9.50. The number of carbonyl (C=O) groups is 1. The maximum absolute atomic E-state index is 12.2. The number of carbonyl (C=O) groups excluding carboxylic acids is 1. The van der Waals surface area contributed by atoms with Crippen molar-refractivity contribution in [1.29, 1.82) is 0 Å². The van der Waals surface area contributed by atoms with Crippen molar-refractivity contribution in [1.82, 2.24) is 20.0 Å². The molecule has 0 unspecified atom stereocenters. The Kier molecular flexibility index (Phi) is 7.63. The molecule has 3 heterocycles. The summed E-state index contributed by atoms with van der Waals surface area (Å²) in [4.78, 5) is 23.4. The van der Waals surface area contributed by atoms with E-state index in [2.05, 4.69) is 47.8 Å². The van der Waals surface area contributed by atoms with Crippen LogP contribution in [-0.4, -0.2) is 52.2 Å². The Morgan fingerprint density at radius 1 is 1.03 bits per heavy atom. The zero-order valence-electron chi connectivity index (χ0n) is 20.4. The van der Waals surface area contributed by atoms with Gasteiger partial charge in [-0.1, -0.05) is 37.8 Å². The molecule has 0 radical (unpaired) electrons. The number of hydrogen-bond donors (Lipinski definition) is 3. The summed E-state index contributed by atoms with van der Waals surface area (Å²) in [5.74, 6) is 7.84. The number of nitrogens with zero attached hydrogens (tertiary/aromatic N) is 4. The van der Waals surface area contributed by atoms with Crippen LogP contribution < -0.4 is 16.0 Å². The second-order valence-corrected chi connectivity index (χ2v) is 9.50. The summed E-state index contributed by atoms with van der Waals surface area (Å²) in [5.41, 5.74) is 2.01. The van der Waals surface area contributed by atoms with Gasteiger partial charge in [0.2, 0.25) is 5.95 Å².